The van der Waals surface area contributed by atoms with Crippen LogP contribution in [0, 0.1) is 0 Å². The van der Waals surface area contributed by atoms with Gasteiger partial charge in [0.15, 0.2) is 0 Å². The topological polar surface area (TPSA) is 62.2 Å². The lowest BCUT2D eigenvalue weighted by atomic mass is 10.00. The zero-order valence-electron chi connectivity index (χ0n) is 9.80. The van der Waals surface area contributed by atoms with Crippen molar-refractivity contribution in [2.24, 2.45) is 0 Å². The van der Waals surface area contributed by atoms with Crippen LogP contribution in [-0.4, -0.2) is 28.6 Å². The van der Waals surface area contributed by atoms with Crippen molar-refractivity contribution in [1.29, 1.82) is 0 Å². The third-order valence-corrected chi connectivity index (χ3v) is 3.37. The second-order valence-electron chi connectivity index (χ2n) is 4.56. The highest BCUT2D eigenvalue weighted by molar-refractivity contribution is 5.76. The van der Waals surface area contributed by atoms with Crippen molar-refractivity contribution in [2.45, 2.75) is 37.6 Å². The van der Waals surface area contributed by atoms with Crippen LogP contribution < -0.4 is 5.32 Å². The fourth-order valence-electron chi connectivity index (χ4n) is 2.36. The van der Waals surface area contributed by atoms with Gasteiger partial charge in [0.1, 0.15) is 0 Å². The van der Waals surface area contributed by atoms with Gasteiger partial charge in [-0.05, 0) is 30.5 Å². The number of carboxylic acids is 1. The number of aromatic nitrogens is 1. The number of carbonyl (C=O) groups is 1. The smallest absolute Gasteiger partial charge is 0.312 e. The molecule has 0 amide bonds. The molecule has 0 aromatic carbocycles. The van der Waals surface area contributed by atoms with Crippen LogP contribution in [0.5, 0.6) is 0 Å². The van der Waals surface area contributed by atoms with Gasteiger partial charge >= 0.3 is 5.97 Å². The molecule has 1 aromatic heterocycles. The summed E-state index contributed by atoms with van der Waals surface area (Å²) in [6.45, 7) is 0.504. The van der Waals surface area contributed by atoms with Crippen LogP contribution in [0.3, 0.4) is 0 Å². The van der Waals surface area contributed by atoms with E-state index in [1.165, 1.54) is 25.7 Å². The quantitative estimate of drug-likeness (QED) is 0.815. The lowest BCUT2D eigenvalue weighted by Gasteiger charge is -2.17. The second kappa shape index (κ2) is 5.77. The van der Waals surface area contributed by atoms with Gasteiger partial charge in [-0.3, -0.25) is 9.78 Å². The molecule has 1 heterocycles. The molecule has 0 spiro atoms. The summed E-state index contributed by atoms with van der Waals surface area (Å²) in [6.07, 6.45) is 8.13. The minimum atomic E-state index is -0.776. The van der Waals surface area contributed by atoms with E-state index in [0.717, 1.165) is 5.56 Å². The van der Waals surface area contributed by atoms with Gasteiger partial charge in [0.2, 0.25) is 0 Å². The third-order valence-electron chi connectivity index (χ3n) is 3.37. The van der Waals surface area contributed by atoms with Crippen LogP contribution in [0.15, 0.2) is 24.5 Å². The monoisotopic (exact) mass is 234 g/mol. The van der Waals surface area contributed by atoms with Crippen LogP contribution >= 0.6 is 0 Å². The number of nitrogens with zero attached hydrogens (tertiary/aromatic N) is 1. The van der Waals surface area contributed by atoms with E-state index in [2.05, 4.69) is 10.3 Å². The highest BCUT2D eigenvalue weighted by atomic mass is 16.4. The Labute approximate surface area is 101 Å². The zero-order valence-corrected chi connectivity index (χ0v) is 9.80. The van der Waals surface area contributed by atoms with E-state index < -0.39 is 11.9 Å². The molecule has 17 heavy (non-hydrogen) atoms. The molecule has 0 aliphatic heterocycles. The Morgan fingerprint density at radius 3 is 2.65 bits per heavy atom. The molecule has 1 atom stereocenters. The second-order valence-corrected chi connectivity index (χ2v) is 4.56. The summed E-state index contributed by atoms with van der Waals surface area (Å²) in [4.78, 5) is 15.2. The molecule has 1 unspecified atom stereocenters. The van der Waals surface area contributed by atoms with Crippen LogP contribution in [0.4, 0.5) is 0 Å². The summed E-state index contributed by atoms with van der Waals surface area (Å²) >= 11 is 0. The lowest BCUT2D eigenvalue weighted by Crippen LogP contribution is -2.33. The first-order valence-corrected chi connectivity index (χ1v) is 6.13. The molecule has 1 aromatic rings. The molecule has 1 saturated carbocycles. The fraction of sp³-hybridized carbons (Fsp3) is 0.538. The maximum absolute atomic E-state index is 11.2. The Kier molecular flexibility index (Phi) is 4.09. The lowest BCUT2D eigenvalue weighted by molar-refractivity contribution is -0.138. The number of pyridine rings is 1. The van der Waals surface area contributed by atoms with Crippen molar-refractivity contribution in [3.63, 3.8) is 0 Å². The molecule has 1 aliphatic rings. The van der Waals surface area contributed by atoms with E-state index in [-0.39, 0.29) is 0 Å². The van der Waals surface area contributed by atoms with E-state index in [0.29, 0.717) is 12.6 Å². The van der Waals surface area contributed by atoms with Crippen molar-refractivity contribution in [3.05, 3.63) is 30.1 Å². The first-order valence-electron chi connectivity index (χ1n) is 6.13. The number of rotatable bonds is 5. The molecule has 92 valence electrons. The number of aliphatic carboxylic acids is 1. The third kappa shape index (κ3) is 3.27. The summed E-state index contributed by atoms with van der Waals surface area (Å²) in [5.41, 5.74) is 0.818. The normalized spacial score (nSPS) is 18.1. The van der Waals surface area contributed by atoms with Gasteiger partial charge in [-0.15, -0.1) is 0 Å². The summed E-state index contributed by atoms with van der Waals surface area (Å²) in [7, 11) is 0. The molecular weight excluding hydrogens is 216 g/mol. The molecule has 2 N–H and O–H groups in total. The Balaban J connectivity index is 1.95. The highest BCUT2D eigenvalue weighted by Gasteiger charge is 2.22. The van der Waals surface area contributed by atoms with E-state index in [1.54, 1.807) is 24.5 Å². The van der Waals surface area contributed by atoms with E-state index in [4.69, 9.17) is 0 Å². The molecule has 4 heteroatoms. The Hall–Kier alpha value is -1.42. The minimum Gasteiger partial charge on any atom is -0.481 e. The van der Waals surface area contributed by atoms with Gasteiger partial charge in [-0.1, -0.05) is 12.8 Å². The van der Waals surface area contributed by atoms with Gasteiger partial charge < -0.3 is 10.4 Å². The van der Waals surface area contributed by atoms with Gasteiger partial charge in [-0.2, -0.15) is 0 Å². The van der Waals surface area contributed by atoms with Crippen molar-refractivity contribution < 1.29 is 9.90 Å². The SMILES string of the molecule is O=C(O)C(CNC1CCCC1)c1ccncc1. The van der Waals surface area contributed by atoms with Crippen molar-refractivity contribution in [3.8, 4) is 0 Å². The van der Waals surface area contributed by atoms with Gasteiger partial charge in [0, 0.05) is 25.0 Å². The first-order chi connectivity index (χ1) is 8.27. The van der Waals surface area contributed by atoms with Crippen LogP contribution in [0.2, 0.25) is 0 Å². The van der Waals surface area contributed by atoms with E-state index in [9.17, 15) is 9.90 Å². The largest absolute Gasteiger partial charge is 0.481 e. The highest BCUT2D eigenvalue weighted by Crippen LogP contribution is 2.20. The maximum atomic E-state index is 11.2. The van der Waals surface area contributed by atoms with E-state index in [1.807, 2.05) is 0 Å². The Morgan fingerprint density at radius 2 is 2.06 bits per heavy atom. The van der Waals surface area contributed by atoms with Crippen molar-refractivity contribution in [1.82, 2.24) is 10.3 Å². The predicted octanol–water partition coefficient (Wildman–Crippen LogP) is 1.78. The van der Waals surface area contributed by atoms with Crippen LogP contribution in [0.1, 0.15) is 37.2 Å². The molecule has 1 fully saturated rings. The molecule has 4 nitrogen and oxygen atoms in total. The minimum absolute atomic E-state index is 0.474. The standard InChI is InChI=1S/C13H18N2O2/c16-13(17)12(10-5-7-14-8-6-10)9-15-11-3-1-2-4-11/h5-8,11-12,15H,1-4,9H2,(H,16,17). The van der Waals surface area contributed by atoms with Crippen molar-refractivity contribution >= 4 is 5.97 Å². The molecular formula is C13H18N2O2. The Bertz CT molecular complexity index is 361. The summed E-state index contributed by atoms with van der Waals surface area (Å²) < 4.78 is 0. The number of hydrogen-bond acceptors (Lipinski definition) is 3. The summed E-state index contributed by atoms with van der Waals surface area (Å²) in [6, 6.07) is 4.04. The van der Waals surface area contributed by atoms with Crippen molar-refractivity contribution in [2.75, 3.05) is 6.54 Å². The number of carboxylic acid groups (broad SMARTS) is 1. The summed E-state index contributed by atoms with van der Waals surface area (Å²) in [5, 5.41) is 12.6. The van der Waals surface area contributed by atoms with Gasteiger partial charge in [0.25, 0.3) is 0 Å². The molecule has 0 bridgehead atoms. The first kappa shape index (κ1) is 12.0. The average molecular weight is 234 g/mol. The van der Waals surface area contributed by atoms with Gasteiger partial charge in [0.05, 0.1) is 5.92 Å². The van der Waals surface area contributed by atoms with Crippen LogP contribution in [-0.2, 0) is 4.79 Å². The van der Waals surface area contributed by atoms with E-state index >= 15 is 0 Å². The molecule has 1 aliphatic carbocycles. The maximum Gasteiger partial charge on any atom is 0.312 e. The number of hydrogen-bond donors (Lipinski definition) is 2. The predicted molar refractivity (Wildman–Crippen MR) is 64.9 cm³/mol. The Morgan fingerprint density at radius 1 is 1.41 bits per heavy atom. The van der Waals surface area contributed by atoms with Gasteiger partial charge in [-0.25, -0.2) is 0 Å². The van der Waals surface area contributed by atoms with Crippen LogP contribution in [0.25, 0.3) is 0 Å². The average Bonchev–Trinajstić information content (AvgIpc) is 2.83. The molecule has 0 radical (unpaired) electrons. The number of nitrogens with one attached hydrogen (secondary N) is 1. The molecule has 0 saturated heterocycles. The molecule has 2 rings (SSSR count). The zero-order chi connectivity index (χ0) is 12.1. The summed E-state index contributed by atoms with van der Waals surface area (Å²) in [5.74, 6) is -1.25. The fourth-order valence-corrected chi connectivity index (χ4v) is 2.36.